The van der Waals surface area contributed by atoms with Gasteiger partial charge in [-0.05, 0) is 25.0 Å². The van der Waals surface area contributed by atoms with E-state index in [0.29, 0.717) is 0 Å². The Morgan fingerprint density at radius 2 is 1.86 bits per heavy atom. The number of hydrogen-bond donors (Lipinski definition) is 3. The van der Waals surface area contributed by atoms with Crippen LogP contribution in [0, 0.1) is 0 Å². The van der Waals surface area contributed by atoms with Crippen molar-refractivity contribution >= 4 is 40.9 Å². The van der Waals surface area contributed by atoms with E-state index in [1.165, 1.54) is 36.8 Å². The number of hydrogen-bond acceptors (Lipinski definition) is 5. The molecule has 2 heterocycles. The highest BCUT2D eigenvalue weighted by atomic mass is 32.1. The summed E-state index contributed by atoms with van der Waals surface area (Å²) in [6.07, 6.45) is 8.58. The lowest BCUT2D eigenvalue weighted by atomic mass is 9.94. The van der Waals surface area contributed by atoms with E-state index in [0.717, 1.165) is 43.6 Å². The van der Waals surface area contributed by atoms with Gasteiger partial charge in [-0.25, -0.2) is 0 Å². The SMILES string of the molecule is C/C(c1ccccn1)=[N+](\N)C(N)=S.O=C(S)N1CCN(C2CCCCC2)CC1. The third-order valence-electron chi connectivity index (χ3n) is 5.31. The number of carbonyl (C=O) groups is 1. The number of pyridine rings is 1. The number of hydrazine groups is 1. The van der Waals surface area contributed by atoms with E-state index in [2.05, 4.69) is 22.5 Å². The number of amides is 1. The molecule has 1 aromatic heterocycles. The summed E-state index contributed by atoms with van der Waals surface area (Å²) >= 11 is 8.59. The fourth-order valence-corrected chi connectivity index (χ4v) is 3.93. The normalized spacial score (nSPS) is 19.3. The molecule has 0 bridgehead atoms. The molecule has 0 radical (unpaired) electrons. The van der Waals surface area contributed by atoms with Crippen LogP contribution in [0.3, 0.4) is 0 Å². The molecule has 28 heavy (non-hydrogen) atoms. The van der Waals surface area contributed by atoms with Gasteiger partial charge in [-0.2, -0.15) is 0 Å². The molecule has 1 amide bonds. The van der Waals surface area contributed by atoms with Gasteiger partial charge in [0.25, 0.3) is 5.24 Å². The fourth-order valence-electron chi connectivity index (χ4n) is 3.59. The number of nitrogens with zero attached hydrogens (tertiary/aromatic N) is 4. The summed E-state index contributed by atoms with van der Waals surface area (Å²) in [7, 11) is 0. The van der Waals surface area contributed by atoms with Crippen LogP contribution in [0.2, 0.25) is 0 Å². The molecular formula is C19H31N6OS2+. The minimum atomic E-state index is -0.0710. The van der Waals surface area contributed by atoms with Crippen molar-refractivity contribution in [2.45, 2.75) is 45.1 Å². The van der Waals surface area contributed by atoms with Gasteiger partial charge >= 0.3 is 5.11 Å². The number of thiocarbonyl (C=S) groups is 1. The monoisotopic (exact) mass is 423 g/mol. The average molecular weight is 424 g/mol. The minimum absolute atomic E-state index is 0.0710. The molecule has 2 aliphatic rings. The first kappa shape index (κ1) is 22.6. The molecule has 3 rings (SSSR count). The topological polar surface area (TPSA) is 91.5 Å². The van der Waals surface area contributed by atoms with Crippen molar-refractivity contribution in [3.8, 4) is 0 Å². The third kappa shape index (κ3) is 6.72. The summed E-state index contributed by atoms with van der Waals surface area (Å²) < 4.78 is 1.23. The highest BCUT2D eigenvalue weighted by Crippen LogP contribution is 2.23. The molecule has 1 saturated carbocycles. The van der Waals surface area contributed by atoms with Crippen LogP contribution in [0.1, 0.15) is 44.7 Å². The van der Waals surface area contributed by atoms with E-state index in [9.17, 15) is 4.79 Å². The first-order valence-electron chi connectivity index (χ1n) is 9.71. The Bertz CT molecular complexity index is 683. The van der Waals surface area contributed by atoms with Crippen molar-refractivity contribution in [1.82, 2.24) is 14.8 Å². The van der Waals surface area contributed by atoms with E-state index in [1.807, 2.05) is 30.0 Å². The number of thiol groups is 1. The van der Waals surface area contributed by atoms with Gasteiger partial charge < -0.3 is 4.90 Å². The molecule has 0 atom stereocenters. The van der Waals surface area contributed by atoms with Gasteiger partial charge in [0.15, 0.2) is 5.71 Å². The van der Waals surface area contributed by atoms with Crippen LogP contribution in [0.5, 0.6) is 0 Å². The third-order valence-corrected chi connectivity index (χ3v) is 5.79. The number of carbonyl (C=O) groups excluding carboxylic acids is 1. The lowest BCUT2D eigenvalue weighted by Gasteiger charge is -2.40. The van der Waals surface area contributed by atoms with Gasteiger partial charge in [0.2, 0.25) is 0 Å². The molecule has 1 saturated heterocycles. The van der Waals surface area contributed by atoms with Gasteiger partial charge in [-0.15, -0.1) is 4.68 Å². The van der Waals surface area contributed by atoms with E-state index in [4.69, 9.17) is 23.8 Å². The first-order valence-corrected chi connectivity index (χ1v) is 10.6. The molecule has 0 spiro atoms. The molecule has 1 aliphatic carbocycles. The molecular weight excluding hydrogens is 392 g/mol. The Kier molecular flexibility index (Phi) is 9.14. The summed E-state index contributed by atoms with van der Waals surface area (Å²) in [6, 6.07) is 6.33. The molecule has 1 aromatic rings. The van der Waals surface area contributed by atoms with E-state index >= 15 is 0 Å². The van der Waals surface area contributed by atoms with Gasteiger partial charge in [0, 0.05) is 57.6 Å². The Hall–Kier alpha value is -1.71. The van der Waals surface area contributed by atoms with Crippen LogP contribution in [0.25, 0.3) is 0 Å². The lowest BCUT2D eigenvalue weighted by molar-refractivity contribution is -0.417. The summed E-state index contributed by atoms with van der Waals surface area (Å²) in [6.45, 7) is 5.60. The van der Waals surface area contributed by atoms with Crippen molar-refractivity contribution in [1.29, 1.82) is 0 Å². The molecule has 2 fully saturated rings. The summed E-state index contributed by atoms with van der Waals surface area (Å²) in [5, 5.41) is 0.0569. The van der Waals surface area contributed by atoms with Crippen LogP contribution in [-0.2, 0) is 0 Å². The second kappa shape index (κ2) is 11.3. The molecule has 4 N–H and O–H groups in total. The highest BCUT2D eigenvalue weighted by molar-refractivity contribution is 7.96. The van der Waals surface area contributed by atoms with Crippen LogP contribution in [-0.4, -0.2) is 67.8 Å². The predicted molar refractivity (Wildman–Crippen MR) is 120 cm³/mol. The highest BCUT2D eigenvalue weighted by Gasteiger charge is 2.25. The van der Waals surface area contributed by atoms with Gasteiger partial charge in [0.05, 0.1) is 0 Å². The Morgan fingerprint density at radius 1 is 1.21 bits per heavy atom. The van der Waals surface area contributed by atoms with Crippen LogP contribution < -0.4 is 11.6 Å². The van der Waals surface area contributed by atoms with Crippen LogP contribution in [0.15, 0.2) is 24.4 Å². The smallest absolute Gasteiger partial charge is 0.331 e. The number of rotatable bonds is 2. The summed E-state index contributed by atoms with van der Waals surface area (Å²) in [5.74, 6) is 5.58. The molecule has 0 unspecified atom stereocenters. The van der Waals surface area contributed by atoms with E-state index in [-0.39, 0.29) is 10.4 Å². The van der Waals surface area contributed by atoms with Crippen LogP contribution >= 0.6 is 24.8 Å². The van der Waals surface area contributed by atoms with Gasteiger partial charge in [-0.1, -0.05) is 38.0 Å². The zero-order valence-electron chi connectivity index (χ0n) is 16.5. The summed E-state index contributed by atoms with van der Waals surface area (Å²) in [4.78, 5) is 19.6. The van der Waals surface area contributed by atoms with Gasteiger partial charge in [-0.3, -0.25) is 26.3 Å². The van der Waals surface area contributed by atoms with Crippen molar-refractivity contribution < 1.29 is 9.48 Å². The van der Waals surface area contributed by atoms with Crippen LogP contribution in [0.4, 0.5) is 4.79 Å². The maximum absolute atomic E-state index is 11.1. The molecule has 9 heteroatoms. The predicted octanol–water partition coefficient (Wildman–Crippen LogP) is 2.01. The minimum Gasteiger partial charge on any atom is -0.331 e. The number of piperazine rings is 1. The lowest BCUT2D eigenvalue weighted by Crippen LogP contribution is -2.51. The number of aromatic nitrogens is 1. The molecule has 7 nitrogen and oxygen atoms in total. The number of hydrazone groups is 1. The quantitative estimate of drug-likeness (QED) is 0.168. The van der Waals surface area contributed by atoms with Crippen molar-refractivity contribution in [3.05, 3.63) is 30.1 Å². The largest absolute Gasteiger partial charge is 0.365 e. The Morgan fingerprint density at radius 3 is 2.36 bits per heavy atom. The number of nitrogens with two attached hydrogens (primary N) is 2. The standard InChI is InChI=1S/C11H20N2OS.C8H10N4S/c14-11(15)13-8-6-12(7-9-13)10-4-2-1-3-5-10;1-6(12(10)8(9)13)7-4-2-3-5-11-7/h10H,1-9H2,(H,14,15);2-5H,1H3,(H3-,9,10,11,13)/p+1. The first-order chi connectivity index (χ1) is 13.4. The van der Waals surface area contributed by atoms with Crippen molar-refractivity contribution in [2.75, 3.05) is 26.2 Å². The zero-order chi connectivity index (χ0) is 20.5. The Labute approximate surface area is 178 Å². The molecule has 0 aromatic carbocycles. The summed E-state index contributed by atoms with van der Waals surface area (Å²) in [5.41, 5.74) is 6.85. The van der Waals surface area contributed by atoms with E-state index < -0.39 is 0 Å². The van der Waals surface area contributed by atoms with Crippen molar-refractivity contribution in [3.63, 3.8) is 0 Å². The van der Waals surface area contributed by atoms with Crippen molar-refractivity contribution in [2.24, 2.45) is 11.6 Å². The second-order valence-electron chi connectivity index (χ2n) is 7.11. The van der Waals surface area contributed by atoms with Gasteiger partial charge in [0.1, 0.15) is 5.69 Å². The molecule has 154 valence electrons. The molecule has 1 aliphatic heterocycles. The maximum atomic E-state index is 11.1. The Balaban J connectivity index is 0.000000203. The second-order valence-corrected chi connectivity index (χ2v) is 7.91. The average Bonchev–Trinajstić information content (AvgIpc) is 2.74. The van der Waals surface area contributed by atoms with E-state index in [1.54, 1.807) is 6.20 Å². The maximum Gasteiger partial charge on any atom is 0.365 e. The zero-order valence-corrected chi connectivity index (χ0v) is 18.2. The fraction of sp³-hybridized carbons (Fsp3) is 0.579.